The van der Waals surface area contributed by atoms with E-state index in [-0.39, 0.29) is 0 Å². The minimum Gasteiger partial charge on any atom is -0.497 e. The van der Waals surface area contributed by atoms with E-state index in [2.05, 4.69) is 4.98 Å². The summed E-state index contributed by atoms with van der Waals surface area (Å²) in [7, 11) is 1.66. The maximum atomic E-state index is 5.08. The van der Waals surface area contributed by atoms with Crippen molar-refractivity contribution in [3.63, 3.8) is 0 Å². The van der Waals surface area contributed by atoms with E-state index in [4.69, 9.17) is 4.74 Å². The molecule has 0 aliphatic carbocycles. The van der Waals surface area contributed by atoms with Gasteiger partial charge in [0.2, 0.25) is 0 Å². The minimum absolute atomic E-state index is 0.870. The molecule has 1 aromatic heterocycles. The zero-order valence-electron chi connectivity index (χ0n) is 8.50. The normalized spacial score (nSPS) is 10.7. The molecular weight excluding hydrogens is 188 g/mol. The molecule has 0 saturated carbocycles. The third kappa shape index (κ3) is 2.47. The van der Waals surface area contributed by atoms with Gasteiger partial charge in [0.1, 0.15) is 5.75 Å². The molecule has 2 rings (SSSR count). The first-order valence-corrected chi connectivity index (χ1v) is 4.68. The number of aromatic nitrogens is 2. The Hall–Kier alpha value is -2.03. The van der Waals surface area contributed by atoms with E-state index in [1.807, 2.05) is 47.3 Å². The molecule has 3 nitrogen and oxygen atoms in total. The van der Waals surface area contributed by atoms with Crippen LogP contribution in [0.5, 0.6) is 5.75 Å². The van der Waals surface area contributed by atoms with E-state index < -0.39 is 0 Å². The molecule has 0 atom stereocenters. The van der Waals surface area contributed by atoms with Gasteiger partial charge in [0.25, 0.3) is 0 Å². The fraction of sp³-hybridized carbons (Fsp3) is 0.0833. The van der Waals surface area contributed by atoms with Gasteiger partial charge in [0.15, 0.2) is 0 Å². The Kier molecular flexibility index (Phi) is 2.83. The Morgan fingerprint density at radius 1 is 1.27 bits per heavy atom. The number of hydrogen-bond donors (Lipinski definition) is 0. The van der Waals surface area contributed by atoms with Crippen LogP contribution in [-0.4, -0.2) is 16.7 Å². The Balaban J connectivity index is 2.11. The van der Waals surface area contributed by atoms with Gasteiger partial charge in [-0.2, -0.15) is 0 Å². The van der Waals surface area contributed by atoms with Gasteiger partial charge in [0.05, 0.1) is 13.4 Å². The number of benzene rings is 1. The smallest absolute Gasteiger partial charge is 0.118 e. The Morgan fingerprint density at radius 3 is 2.67 bits per heavy atom. The van der Waals surface area contributed by atoms with Gasteiger partial charge in [-0.25, -0.2) is 4.98 Å². The van der Waals surface area contributed by atoms with E-state index in [0.717, 1.165) is 11.3 Å². The van der Waals surface area contributed by atoms with Crippen molar-refractivity contribution in [2.75, 3.05) is 7.11 Å². The van der Waals surface area contributed by atoms with Crippen LogP contribution in [0.2, 0.25) is 0 Å². The molecule has 2 aromatic rings. The van der Waals surface area contributed by atoms with Crippen LogP contribution in [0.4, 0.5) is 0 Å². The van der Waals surface area contributed by atoms with Gasteiger partial charge in [-0.3, -0.25) is 0 Å². The molecule has 0 amide bonds. The molecule has 0 aliphatic heterocycles. The van der Waals surface area contributed by atoms with Crippen LogP contribution in [0.25, 0.3) is 12.3 Å². The predicted molar refractivity (Wildman–Crippen MR) is 60.4 cm³/mol. The average molecular weight is 200 g/mol. The topological polar surface area (TPSA) is 27.1 Å². The standard InChI is InChI=1S/C12H12N2O/c1-15-12-4-2-11(3-5-12)6-8-14-9-7-13-10-14/h2-10H,1H3/b8-6-. The molecule has 0 fully saturated rings. The summed E-state index contributed by atoms with van der Waals surface area (Å²) >= 11 is 0. The van der Waals surface area contributed by atoms with Crippen molar-refractivity contribution in [1.82, 2.24) is 9.55 Å². The van der Waals surface area contributed by atoms with Crippen LogP contribution in [0, 0.1) is 0 Å². The molecule has 15 heavy (non-hydrogen) atoms. The van der Waals surface area contributed by atoms with E-state index in [0.29, 0.717) is 0 Å². The number of methoxy groups -OCH3 is 1. The summed E-state index contributed by atoms with van der Waals surface area (Å²) in [4.78, 5) is 3.95. The van der Waals surface area contributed by atoms with Gasteiger partial charge in [-0.05, 0) is 23.8 Å². The predicted octanol–water partition coefficient (Wildman–Crippen LogP) is 2.52. The monoisotopic (exact) mass is 200 g/mol. The van der Waals surface area contributed by atoms with Crippen molar-refractivity contribution in [1.29, 1.82) is 0 Å². The molecule has 0 aliphatic rings. The Morgan fingerprint density at radius 2 is 2.07 bits per heavy atom. The van der Waals surface area contributed by atoms with Crippen molar-refractivity contribution < 1.29 is 4.74 Å². The summed E-state index contributed by atoms with van der Waals surface area (Å²) in [5.74, 6) is 0.870. The summed E-state index contributed by atoms with van der Waals surface area (Å²) in [5, 5.41) is 0. The van der Waals surface area contributed by atoms with Gasteiger partial charge >= 0.3 is 0 Å². The first-order chi connectivity index (χ1) is 7.38. The van der Waals surface area contributed by atoms with E-state index >= 15 is 0 Å². The zero-order chi connectivity index (χ0) is 10.5. The highest BCUT2D eigenvalue weighted by Gasteiger charge is 1.89. The lowest BCUT2D eigenvalue weighted by Gasteiger charge is -1.99. The zero-order valence-corrected chi connectivity index (χ0v) is 8.50. The SMILES string of the molecule is COc1ccc(/C=C\n2ccnc2)cc1. The van der Waals surface area contributed by atoms with Gasteiger partial charge in [0, 0.05) is 18.6 Å². The minimum atomic E-state index is 0.870. The highest BCUT2D eigenvalue weighted by molar-refractivity contribution is 5.60. The van der Waals surface area contributed by atoms with Crippen LogP contribution < -0.4 is 4.74 Å². The molecule has 1 heterocycles. The molecule has 0 bridgehead atoms. The van der Waals surface area contributed by atoms with Crippen LogP contribution in [0.1, 0.15) is 5.56 Å². The maximum absolute atomic E-state index is 5.08. The Bertz CT molecular complexity index is 429. The van der Waals surface area contributed by atoms with Crippen molar-refractivity contribution in [3.05, 3.63) is 48.5 Å². The highest BCUT2D eigenvalue weighted by Crippen LogP contribution is 2.12. The van der Waals surface area contributed by atoms with Gasteiger partial charge in [-0.15, -0.1) is 0 Å². The summed E-state index contributed by atoms with van der Waals surface area (Å²) in [5.41, 5.74) is 1.13. The number of nitrogens with zero attached hydrogens (tertiary/aromatic N) is 2. The number of ether oxygens (including phenoxy) is 1. The van der Waals surface area contributed by atoms with Crippen LogP contribution in [-0.2, 0) is 0 Å². The van der Waals surface area contributed by atoms with Gasteiger partial charge in [-0.1, -0.05) is 12.1 Å². The maximum Gasteiger partial charge on any atom is 0.118 e. The van der Waals surface area contributed by atoms with Crippen molar-refractivity contribution in [2.45, 2.75) is 0 Å². The second-order valence-electron chi connectivity index (χ2n) is 3.10. The fourth-order valence-electron chi connectivity index (χ4n) is 1.24. The van der Waals surface area contributed by atoms with Gasteiger partial charge < -0.3 is 9.30 Å². The van der Waals surface area contributed by atoms with Crippen LogP contribution in [0.15, 0.2) is 43.0 Å². The molecule has 0 spiro atoms. The summed E-state index contributed by atoms with van der Waals surface area (Å²) in [6.45, 7) is 0. The summed E-state index contributed by atoms with van der Waals surface area (Å²) < 4.78 is 6.97. The van der Waals surface area contributed by atoms with E-state index in [1.54, 1.807) is 19.6 Å². The third-order valence-electron chi connectivity index (χ3n) is 2.08. The lowest BCUT2D eigenvalue weighted by atomic mass is 10.2. The van der Waals surface area contributed by atoms with Crippen molar-refractivity contribution in [3.8, 4) is 5.75 Å². The first-order valence-electron chi connectivity index (χ1n) is 4.68. The largest absolute Gasteiger partial charge is 0.497 e. The average Bonchev–Trinajstić information content (AvgIpc) is 2.80. The molecule has 1 aromatic carbocycles. The second-order valence-corrected chi connectivity index (χ2v) is 3.10. The summed E-state index contributed by atoms with van der Waals surface area (Å²) in [6, 6.07) is 7.89. The molecule has 0 radical (unpaired) electrons. The number of imidazole rings is 1. The highest BCUT2D eigenvalue weighted by atomic mass is 16.5. The molecule has 3 heteroatoms. The molecule has 0 N–H and O–H groups in total. The molecule has 0 unspecified atom stereocenters. The molecule has 0 saturated heterocycles. The first kappa shape index (κ1) is 9.52. The third-order valence-corrected chi connectivity index (χ3v) is 2.08. The molecule has 76 valence electrons. The lowest BCUT2D eigenvalue weighted by Crippen LogP contribution is -1.82. The Labute approximate surface area is 88.6 Å². The van der Waals surface area contributed by atoms with E-state index in [9.17, 15) is 0 Å². The number of rotatable bonds is 3. The van der Waals surface area contributed by atoms with Crippen molar-refractivity contribution in [2.24, 2.45) is 0 Å². The summed E-state index contributed by atoms with van der Waals surface area (Å²) in [6.07, 6.45) is 9.36. The quantitative estimate of drug-likeness (QED) is 0.761. The second kappa shape index (κ2) is 4.46. The van der Waals surface area contributed by atoms with Crippen LogP contribution in [0.3, 0.4) is 0 Å². The molecular formula is C12H12N2O. The van der Waals surface area contributed by atoms with E-state index in [1.165, 1.54) is 0 Å². The lowest BCUT2D eigenvalue weighted by molar-refractivity contribution is 0.415. The van der Waals surface area contributed by atoms with Crippen molar-refractivity contribution >= 4 is 12.3 Å². The fourth-order valence-corrected chi connectivity index (χ4v) is 1.24. The number of hydrogen-bond acceptors (Lipinski definition) is 2. The van der Waals surface area contributed by atoms with Crippen LogP contribution >= 0.6 is 0 Å².